The van der Waals surface area contributed by atoms with Crippen molar-refractivity contribution in [1.82, 2.24) is 0 Å². The summed E-state index contributed by atoms with van der Waals surface area (Å²) in [6, 6.07) is 7.53. The summed E-state index contributed by atoms with van der Waals surface area (Å²) in [7, 11) is 1.72. The summed E-state index contributed by atoms with van der Waals surface area (Å²) in [5.74, 6) is 0. The number of nitrogens with two attached hydrogens (primary N) is 1. The molecule has 0 aliphatic rings. The third kappa shape index (κ3) is 2.57. The quantitative estimate of drug-likeness (QED) is 0.856. The molecule has 0 bridgehead atoms. The van der Waals surface area contributed by atoms with Crippen LogP contribution in [-0.4, -0.2) is 12.7 Å². The average molecular weight is 242 g/mol. The molecule has 0 spiro atoms. The zero-order valence-corrected chi connectivity index (χ0v) is 10.9. The highest BCUT2D eigenvalue weighted by Gasteiger charge is 2.34. The summed E-state index contributed by atoms with van der Waals surface area (Å²) in [6.45, 7) is 4.19. The van der Waals surface area contributed by atoms with E-state index in [0.29, 0.717) is 5.02 Å². The summed E-state index contributed by atoms with van der Waals surface area (Å²) >= 11 is 5.97. The van der Waals surface area contributed by atoms with Gasteiger partial charge in [0.05, 0.1) is 11.6 Å². The van der Waals surface area contributed by atoms with Gasteiger partial charge in [0.2, 0.25) is 0 Å². The van der Waals surface area contributed by atoms with E-state index in [4.69, 9.17) is 22.1 Å². The molecule has 1 unspecified atom stereocenters. The van der Waals surface area contributed by atoms with E-state index in [0.717, 1.165) is 18.4 Å². The van der Waals surface area contributed by atoms with Gasteiger partial charge < -0.3 is 10.5 Å². The van der Waals surface area contributed by atoms with Gasteiger partial charge in [0.1, 0.15) is 0 Å². The van der Waals surface area contributed by atoms with Crippen molar-refractivity contribution in [3.63, 3.8) is 0 Å². The van der Waals surface area contributed by atoms with Crippen LogP contribution in [0, 0.1) is 0 Å². The number of hydrogen-bond acceptors (Lipinski definition) is 2. The number of hydrogen-bond donors (Lipinski definition) is 1. The van der Waals surface area contributed by atoms with Crippen LogP contribution in [-0.2, 0) is 4.74 Å². The van der Waals surface area contributed by atoms with Crippen LogP contribution in [0.3, 0.4) is 0 Å². The van der Waals surface area contributed by atoms with Crippen LogP contribution >= 0.6 is 11.6 Å². The normalized spacial score (nSPS) is 13.8. The average Bonchev–Trinajstić information content (AvgIpc) is 2.32. The van der Waals surface area contributed by atoms with E-state index in [1.54, 1.807) is 7.11 Å². The fourth-order valence-corrected chi connectivity index (χ4v) is 2.31. The van der Waals surface area contributed by atoms with Gasteiger partial charge in [0.15, 0.2) is 0 Å². The molecular weight excluding hydrogens is 222 g/mol. The van der Waals surface area contributed by atoms with Crippen molar-refractivity contribution < 1.29 is 4.74 Å². The molecule has 1 aromatic carbocycles. The summed E-state index contributed by atoms with van der Waals surface area (Å²) in [5, 5.41) is 0.713. The van der Waals surface area contributed by atoms with Crippen molar-refractivity contribution in [3.05, 3.63) is 34.9 Å². The second-order valence-electron chi connectivity index (χ2n) is 4.01. The molecule has 16 heavy (non-hydrogen) atoms. The van der Waals surface area contributed by atoms with Gasteiger partial charge >= 0.3 is 0 Å². The summed E-state index contributed by atoms with van der Waals surface area (Å²) in [4.78, 5) is 0. The third-order valence-corrected chi connectivity index (χ3v) is 3.61. The van der Waals surface area contributed by atoms with Crippen molar-refractivity contribution in [2.24, 2.45) is 5.73 Å². The summed E-state index contributed by atoms with van der Waals surface area (Å²) < 4.78 is 5.62. The molecule has 0 aromatic heterocycles. The molecule has 0 fully saturated rings. The van der Waals surface area contributed by atoms with Crippen LogP contribution in [0.1, 0.15) is 38.3 Å². The lowest BCUT2D eigenvalue weighted by molar-refractivity contribution is -0.0385. The molecule has 3 heteroatoms. The molecule has 1 aromatic rings. The van der Waals surface area contributed by atoms with Crippen molar-refractivity contribution in [3.8, 4) is 0 Å². The van der Waals surface area contributed by atoms with Crippen LogP contribution in [0.4, 0.5) is 0 Å². The van der Waals surface area contributed by atoms with Gasteiger partial charge in [-0.15, -0.1) is 0 Å². The Labute approximate surface area is 103 Å². The Hall–Kier alpha value is -0.570. The molecule has 0 amide bonds. The molecule has 2 nitrogen and oxygen atoms in total. The first kappa shape index (κ1) is 13.5. The molecular formula is C13H20ClNO. The van der Waals surface area contributed by atoms with Crippen LogP contribution in [0.5, 0.6) is 0 Å². The van der Waals surface area contributed by atoms with Gasteiger partial charge in [0, 0.05) is 12.1 Å². The van der Waals surface area contributed by atoms with Crippen LogP contribution < -0.4 is 5.73 Å². The van der Waals surface area contributed by atoms with Gasteiger partial charge in [-0.3, -0.25) is 0 Å². The van der Waals surface area contributed by atoms with E-state index in [2.05, 4.69) is 13.8 Å². The number of methoxy groups -OCH3 is 1. The minimum atomic E-state index is -0.301. The molecule has 0 saturated heterocycles. The molecule has 0 heterocycles. The fraction of sp³-hybridized carbons (Fsp3) is 0.538. The first-order valence-corrected chi connectivity index (χ1v) is 6.03. The Bertz CT molecular complexity index is 328. The van der Waals surface area contributed by atoms with Crippen molar-refractivity contribution >= 4 is 11.6 Å². The lowest BCUT2D eigenvalue weighted by Crippen LogP contribution is -2.42. The third-order valence-electron chi connectivity index (χ3n) is 3.38. The maximum absolute atomic E-state index is 6.29. The van der Waals surface area contributed by atoms with Gasteiger partial charge in [-0.1, -0.05) is 37.6 Å². The Morgan fingerprint density at radius 1 is 1.38 bits per heavy atom. The Morgan fingerprint density at radius 2 is 2.00 bits per heavy atom. The maximum Gasteiger partial charge on any atom is 0.0865 e. The van der Waals surface area contributed by atoms with Crippen LogP contribution in [0.25, 0.3) is 0 Å². The summed E-state index contributed by atoms with van der Waals surface area (Å²) in [6.07, 6.45) is 1.77. The monoisotopic (exact) mass is 241 g/mol. The zero-order chi connectivity index (χ0) is 12.2. The zero-order valence-electron chi connectivity index (χ0n) is 10.2. The van der Waals surface area contributed by atoms with Gasteiger partial charge in [0.25, 0.3) is 0 Å². The number of halogens is 1. The lowest BCUT2D eigenvalue weighted by Gasteiger charge is -2.36. The highest BCUT2D eigenvalue weighted by Crippen LogP contribution is 2.33. The Kier molecular flexibility index (Phi) is 4.78. The van der Waals surface area contributed by atoms with Gasteiger partial charge in [-0.05, 0) is 30.5 Å². The number of rotatable bonds is 5. The Balaban J connectivity index is 3.03. The number of benzene rings is 1. The van der Waals surface area contributed by atoms with E-state index in [-0.39, 0.29) is 11.6 Å². The maximum atomic E-state index is 6.29. The van der Waals surface area contributed by atoms with Crippen molar-refractivity contribution in [2.45, 2.75) is 38.3 Å². The predicted molar refractivity (Wildman–Crippen MR) is 68.7 cm³/mol. The van der Waals surface area contributed by atoms with Gasteiger partial charge in [-0.25, -0.2) is 0 Å². The topological polar surface area (TPSA) is 35.2 Å². The lowest BCUT2D eigenvalue weighted by atomic mass is 9.84. The van der Waals surface area contributed by atoms with E-state index in [1.165, 1.54) is 0 Å². The van der Waals surface area contributed by atoms with Crippen LogP contribution in [0.15, 0.2) is 24.3 Å². The molecule has 0 aliphatic carbocycles. The molecule has 2 N–H and O–H groups in total. The van der Waals surface area contributed by atoms with E-state index >= 15 is 0 Å². The SMILES string of the molecule is CCC(CC)(OC)C(N)c1cccc(Cl)c1. The largest absolute Gasteiger partial charge is 0.376 e. The minimum Gasteiger partial charge on any atom is -0.376 e. The van der Waals surface area contributed by atoms with Crippen molar-refractivity contribution in [1.29, 1.82) is 0 Å². The summed E-state index contributed by atoms with van der Waals surface area (Å²) in [5.41, 5.74) is 7.02. The highest BCUT2D eigenvalue weighted by atomic mass is 35.5. The second-order valence-corrected chi connectivity index (χ2v) is 4.45. The Morgan fingerprint density at radius 3 is 2.44 bits per heavy atom. The number of ether oxygens (including phenoxy) is 1. The van der Waals surface area contributed by atoms with E-state index in [9.17, 15) is 0 Å². The standard InChI is InChI=1S/C13H20ClNO/c1-4-13(5-2,16-3)12(15)10-7-6-8-11(14)9-10/h6-9,12H,4-5,15H2,1-3H3. The van der Waals surface area contributed by atoms with E-state index in [1.807, 2.05) is 24.3 Å². The smallest absolute Gasteiger partial charge is 0.0865 e. The molecule has 0 aliphatic heterocycles. The second kappa shape index (κ2) is 5.67. The van der Waals surface area contributed by atoms with E-state index < -0.39 is 0 Å². The van der Waals surface area contributed by atoms with Gasteiger partial charge in [-0.2, -0.15) is 0 Å². The minimum absolute atomic E-state index is 0.147. The molecule has 0 saturated carbocycles. The highest BCUT2D eigenvalue weighted by molar-refractivity contribution is 6.30. The molecule has 1 atom stereocenters. The predicted octanol–water partition coefficient (Wildman–Crippen LogP) is 3.55. The molecule has 1 rings (SSSR count). The molecule has 0 radical (unpaired) electrons. The molecule has 90 valence electrons. The van der Waals surface area contributed by atoms with Crippen molar-refractivity contribution in [2.75, 3.05) is 7.11 Å². The first-order valence-electron chi connectivity index (χ1n) is 5.65. The van der Waals surface area contributed by atoms with Crippen LogP contribution in [0.2, 0.25) is 5.02 Å². The fourth-order valence-electron chi connectivity index (χ4n) is 2.11. The first-order chi connectivity index (χ1) is 7.59.